The van der Waals surface area contributed by atoms with Gasteiger partial charge in [-0.05, 0) is 55.4 Å². The van der Waals surface area contributed by atoms with E-state index in [2.05, 4.69) is 65.0 Å². The molecule has 2 nitrogen and oxygen atoms in total. The smallest absolute Gasteiger partial charge is 0.0737 e. The van der Waals surface area contributed by atoms with E-state index in [1.54, 1.807) is 0 Å². The Morgan fingerprint density at radius 1 is 0.933 bits per heavy atom. The van der Waals surface area contributed by atoms with E-state index in [0.717, 1.165) is 0 Å². The van der Waals surface area contributed by atoms with Crippen molar-refractivity contribution in [1.82, 2.24) is 9.62 Å². The highest BCUT2D eigenvalue weighted by molar-refractivity contribution is 7.98. The van der Waals surface area contributed by atoms with Gasteiger partial charge in [0.05, 0.1) is 4.87 Å². The van der Waals surface area contributed by atoms with E-state index in [1.165, 1.54) is 0 Å². The Morgan fingerprint density at radius 3 is 1.60 bits per heavy atom. The first kappa shape index (κ1) is 15.3. The molecule has 0 aliphatic carbocycles. The zero-order valence-corrected chi connectivity index (χ0v) is 12.4. The first-order valence-corrected chi connectivity index (χ1v) is 6.68. The molecule has 0 saturated carbocycles. The maximum Gasteiger partial charge on any atom is 0.0737 e. The van der Waals surface area contributed by atoms with Crippen molar-refractivity contribution in [1.29, 1.82) is 0 Å². The van der Waals surface area contributed by atoms with Crippen LogP contribution in [-0.4, -0.2) is 27.3 Å². The summed E-state index contributed by atoms with van der Waals surface area (Å²) in [6.07, 6.45) is 0. The quantitative estimate of drug-likeness (QED) is 0.557. The molecule has 0 aromatic rings. The topological polar surface area (TPSA) is 15.3 Å². The molecule has 0 aromatic heterocycles. The molecule has 0 bridgehead atoms. The van der Waals surface area contributed by atoms with Crippen LogP contribution in [0.1, 0.15) is 55.4 Å². The lowest BCUT2D eigenvalue weighted by Gasteiger charge is -2.38. The highest BCUT2D eigenvalue weighted by atomic mass is 32.2. The van der Waals surface area contributed by atoms with Crippen molar-refractivity contribution >= 4 is 11.9 Å². The number of rotatable bonds is 6. The van der Waals surface area contributed by atoms with Gasteiger partial charge in [0.25, 0.3) is 0 Å². The van der Waals surface area contributed by atoms with E-state index >= 15 is 0 Å². The Morgan fingerprint density at radius 2 is 1.33 bits per heavy atom. The summed E-state index contributed by atoms with van der Waals surface area (Å²) in [5.74, 6) is 0. The zero-order valence-electron chi connectivity index (χ0n) is 11.6. The summed E-state index contributed by atoms with van der Waals surface area (Å²) in [5.41, 5.74) is 0. The van der Waals surface area contributed by atoms with Crippen molar-refractivity contribution in [2.24, 2.45) is 0 Å². The van der Waals surface area contributed by atoms with Crippen LogP contribution in [0.5, 0.6) is 0 Å². The molecule has 0 heterocycles. The molecule has 3 heteroatoms. The highest BCUT2D eigenvalue weighted by Crippen LogP contribution is 2.29. The van der Waals surface area contributed by atoms with Gasteiger partial charge in [0, 0.05) is 18.1 Å². The average molecular weight is 232 g/mol. The van der Waals surface area contributed by atoms with Gasteiger partial charge in [0.1, 0.15) is 0 Å². The molecular weight excluding hydrogens is 204 g/mol. The molecule has 0 radical (unpaired) electrons. The second-order valence-electron chi connectivity index (χ2n) is 5.45. The van der Waals surface area contributed by atoms with Gasteiger partial charge in [0.2, 0.25) is 0 Å². The molecule has 0 fully saturated rings. The fourth-order valence-electron chi connectivity index (χ4n) is 1.79. The summed E-state index contributed by atoms with van der Waals surface area (Å²) in [6.45, 7) is 17.9. The SMILES string of the molecule is CC(C)NC(C)(C)SN(C(C)C)C(C)C. The Bertz CT molecular complexity index is 168. The van der Waals surface area contributed by atoms with Crippen LogP contribution in [0, 0.1) is 0 Å². The molecule has 0 atom stereocenters. The first-order chi connectivity index (χ1) is 6.65. The number of nitrogens with zero attached hydrogens (tertiary/aromatic N) is 1. The lowest BCUT2D eigenvalue weighted by Crippen LogP contribution is -2.45. The molecule has 15 heavy (non-hydrogen) atoms. The van der Waals surface area contributed by atoms with Gasteiger partial charge in [-0.3, -0.25) is 5.32 Å². The van der Waals surface area contributed by atoms with Crippen molar-refractivity contribution in [3.63, 3.8) is 0 Å². The fourth-order valence-corrected chi connectivity index (χ4v) is 3.03. The first-order valence-electron chi connectivity index (χ1n) is 5.91. The zero-order chi connectivity index (χ0) is 12.2. The van der Waals surface area contributed by atoms with Crippen molar-refractivity contribution in [3.05, 3.63) is 0 Å². The van der Waals surface area contributed by atoms with Gasteiger partial charge in [0.15, 0.2) is 0 Å². The fraction of sp³-hybridized carbons (Fsp3) is 1.00. The van der Waals surface area contributed by atoms with Crippen LogP contribution < -0.4 is 5.32 Å². The lowest BCUT2D eigenvalue weighted by molar-refractivity contribution is 0.324. The molecule has 0 aliphatic rings. The number of nitrogens with one attached hydrogen (secondary N) is 1. The average Bonchev–Trinajstić information content (AvgIpc) is 1.96. The van der Waals surface area contributed by atoms with Gasteiger partial charge in [-0.25, -0.2) is 4.31 Å². The van der Waals surface area contributed by atoms with E-state index in [-0.39, 0.29) is 4.87 Å². The Labute approximate surface area is 100 Å². The van der Waals surface area contributed by atoms with Crippen LogP contribution in [0.3, 0.4) is 0 Å². The maximum absolute atomic E-state index is 3.58. The third-order valence-electron chi connectivity index (χ3n) is 1.99. The summed E-state index contributed by atoms with van der Waals surface area (Å²) in [6, 6.07) is 1.67. The highest BCUT2D eigenvalue weighted by Gasteiger charge is 2.26. The third-order valence-corrected chi connectivity index (χ3v) is 3.62. The maximum atomic E-state index is 3.58. The minimum Gasteiger partial charge on any atom is -0.300 e. The summed E-state index contributed by atoms with van der Waals surface area (Å²) in [7, 11) is 0. The third kappa shape index (κ3) is 6.44. The molecule has 0 saturated heterocycles. The molecule has 1 N–H and O–H groups in total. The van der Waals surface area contributed by atoms with Crippen LogP contribution in [0.2, 0.25) is 0 Å². The molecule has 0 aromatic carbocycles. The largest absolute Gasteiger partial charge is 0.300 e. The Kier molecular flexibility index (Phi) is 6.23. The van der Waals surface area contributed by atoms with E-state index < -0.39 is 0 Å². The van der Waals surface area contributed by atoms with Crippen molar-refractivity contribution in [2.45, 2.75) is 78.4 Å². The summed E-state index contributed by atoms with van der Waals surface area (Å²) in [5, 5.41) is 3.58. The van der Waals surface area contributed by atoms with Gasteiger partial charge >= 0.3 is 0 Å². The molecule has 0 amide bonds. The normalized spacial score (nSPS) is 13.6. The van der Waals surface area contributed by atoms with Crippen molar-refractivity contribution in [2.75, 3.05) is 0 Å². The molecule has 0 unspecified atom stereocenters. The summed E-state index contributed by atoms with van der Waals surface area (Å²) < 4.78 is 2.45. The molecule has 0 rings (SSSR count). The van der Waals surface area contributed by atoms with Crippen LogP contribution in [0.25, 0.3) is 0 Å². The summed E-state index contributed by atoms with van der Waals surface area (Å²) >= 11 is 1.91. The van der Waals surface area contributed by atoms with E-state index in [9.17, 15) is 0 Å². The minimum absolute atomic E-state index is 0.0999. The predicted molar refractivity (Wildman–Crippen MR) is 72.1 cm³/mol. The van der Waals surface area contributed by atoms with Gasteiger partial charge in [-0.2, -0.15) is 0 Å². The molecule has 0 aliphatic heterocycles. The van der Waals surface area contributed by atoms with Crippen LogP contribution >= 0.6 is 11.9 Å². The van der Waals surface area contributed by atoms with Gasteiger partial charge in [-0.15, -0.1) is 0 Å². The second kappa shape index (κ2) is 6.12. The van der Waals surface area contributed by atoms with Crippen LogP contribution in [0.4, 0.5) is 0 Å². The van der Waals surface area contributed by atoms with E-state index in [4.69, 9.17) is 0 Å². The Balaban J connectivity index is 4.38. The predicted octanol–water partition coefficient (Wildman–Crippen LogP) is 3.49. The monoisotopic (exact) mass is 232 g/mol. The standard InChI is InChI=1S/C12H28N2S/c1-9(2)13-12(7,8)15-14(10(3)4)11(5)6/h9-11,13H,1-8H3. The number of hydrogen-bond acceptors (Lipinski definition) is 3. The molecular formula is C12H28N2S. The van der Waals surface area contributed by atoms with Crippen molar-refractivity contribution in [3.8, 4) is 0 Å². The second-order valence-corrected chi connectivity index (χ2v) is 7.07. The number of hydrogen-bond donors (Lipinski definition) is 1. The van der Waals surface area contributed by atoms with E-state index in [1.807, 2.05) is 11.9 Å². The molecule has 92 valence electrons. The Hall–Kier alpha value is 0.270. The van der Waals surface area contributed by atoms with Crippen molar-refractivity contribution < 1.29 is 0 Å². The van der Waals surface area contributed by atoms with Crippen LogP contribution in [-0.2, 0) is 0 Å². The minimum atomic E-state index is 0.0999. The summed E-state index contributed by atoms with van der Waals surface area (Å²) in [4.78, 5) is 0.0999. The van der Waals surface area contributed by atoms with Gasteiger partial charge < -0.3 is 0 Å². The van der Waals surface area contributed by atoms with Crippen LogP contribution in [0.15, 0.2) is 0 Å². The van der Waals surface area contributed by atoms with Gasteiger partial charge in [-0.1, -0.05) is 11.9 Å². The lowest BCUT2D eigenvalue weighted by atomic mass is 10.3. The molecule has 0 spiro atoms. The van der Waals surface area contributed by atoms with E-state index in [0.29, 0.717) is 18.1 Å².